The molecule has 3 aromatic heterocycles. The third kappa shape index (κ3) is 2.21. The molecular formula is C15H16N4OS. The normalized spacial score (nSPS) is 11.4. The number of pyridine rings is 1. The Morgan fingerprint density at radius 3 is 2.71 bits per heavy atom. The van der Waals surface area contributed by atoms with Crippen LogP contribution in [0.4, 0.5) is 5.95 Å². The summed E-state index contributed by atoms with van der Waals surface area (Å²) in [5.74, 6) is 0.192. The number of fused-ring (bicyclic) bond motifs is 1. The second-order valence-corrected chi connectivity index (χ2v) is 6.16. The van der Waals surface area contributed by atoms with Crippen molar-refractivity contribution in [3.8, 4) is 10.4 Å². The van der Waals surface area contributed by atoms with Crippen LogP contribution in [0.25, 0.3) is 21.5 Å². The van der Waals surface area contributed by atoms with E-state index in [1.54, 1.807) is 15.9 Å². The Morgan fingerprint density at radius 2 is 2.10 bits per heavy atom. The quantitative estimate of drug-likeness (QED) is 0.789. The molecule has 3 aromatic rings. The van der Waals surface area contributed by atoms with E-state index in [-0.39, 0.29) is 17.5 Å². The van der Waals surface area contributed by atoms with Gasteiger partial charge in [0.05, 0.1) is 11.3 Å². The SMILES string of the molecule is Cc1nc(N)nc2c1cc(-c1cccs1)c(=O)n2C(C)C. The van der Waals surface area contributed by atoms with Crippen LogP contribution in [0.2, 0.25) is 0 Å². The van der Waals surface area contributed by atoms with Crippen molar-refractivity contribution in [2.24, 2.45) is 0 Å². The lowest BCUT2D eigenvalue weighted by Gasteiger charge is -2.16. The molecule has 0 aliphatic heterocycles. The average molecular weight is 300 g/mol. The van der Waals surface area contributed by atoms with Crippen LogP contribution in [0.3, 0.4) is 0 Å². The van der Waals surface area contributed by atoms with Crippen molar-refractivity contribution < 1.29 is 0 Å². The number of hydrogen-bond donors (Lipinski definition) is 1. The number of thiophene rings is 1. The summed E-state index contributed by atoms with van der Waals surface area (Å²) >= 11 is 1.55. The van der Waals surface area contributed by atoms with E-state index in [2.05, 4.69) is 9.97 Å². The van der Waals surface area contributed by atoms with Crippen molar-refractivity contribution in [1.29, 1.82) is 0 Å². The number of aromatic nitrogens is 3. The van der Waals surface area contributed by atoms with Gasteiger partial charge in [0.25, 0.3) is 5.56 Å². The summed E-state index contributed by atoms with van der Waals surface area (Å²) in [6, 6.07) is 5.76. The van der Waals surface area contributed by atoms with E-state index in [1.807, 2.05) is 44.4 Å². The standard InChI is InChI=1S/C15H16N4OS/c1-8(2)19-13-10(9(3)17-15(16)18-13)7-11(14(19)20)12-5-4-6-21-12/h4-8H,1-3H3,(H2,16,17,18). The summed E-state index contributed by atoms with van der Waals surface area (Å²) in [5.41, 5.74) is 7.76. The number of nitrogens with two attached hydrogens (primary N) is 1. The molecule has 0 bridgehead atoms. The molecule has 3 heterocycles. The van der Waals surface area contributed by atoms with Crippen molar-refractivity contribution >= 4 is 28.3 Å². The number of rotatable bonds is 2. The average Bonchev–Trinajstić information content (AvgIpc) is 2.91. The zero-order chi connectivity index (χ0) is 15.1. The minimum absolute atomic E-state index is 0.00591. The molecule has 21 heavy (non-hydrogen) atoms. The van der Waals surface area contributed by atoms with Gasteiger partial charge in [-0.2, -0.15) is 4.98 Å². The van der Waals surface area contributed by atoms with Crippen LogP contribution in [0.1, 0.15) is 25.6 Å². The van der Waals surface area contributed by atoms with Crippen LogP contribution in [0.15, 0.2) is 28.4 Å². The molecular weight excluding hydrogens is 284 g/mol. The third-order valence-corrected chi connectivity index (χ3v) is 4.31. The Bertz CT molecular complexity index is 866. The third-order valence-electron chi connectivity index (χ3n) is 3.40. The zero-order valence-electron chi connectivity index (χ0n) is 12.1. The molecule has 0 aliphatic rings. The van der Waals surface area contributed by atoms with Crippen LogP contribution >= 0.6 is 11.3 Å². The molecule has 0 radical (unpaired) electrons. The number of hydrogen-bond acceptors (Lipinski definition) is 5. The Hall–Kier alpha value is -2.21. The lowest BCUT2D eigenvalue weighted by molar-refractivity contribution is 0.596. The van der Waals surface area contributed by atoms with Gasteiger partial charge in [-0.3, -0.25) is 9.36 Å². The van der Waals surface area contributed by atoms with Crippen LogP contribution in [-0.2, 0) is 0 Å². The maximum atomic E-state index is 12.8. The zero-order valence-corrected chi connectivity index (χ0v) is 12.9. The van der Waals surface area contributed by atoms with E-state index in [0.717, 1.165) is 16.0 Å². The maximum absolute atomic E-state index is 12.8. The van der Waals surface area contributed by atoms with E-state index in [4.69, 9.17) is 5.73 Å². The summed E-state index contributed by atoms with van der Waals surface area (Å²) in [4.78, 5) is 22.2. The molecule has 0 unspecified atom stereocenters. The van der Waals surface area contributed by atoms with Crippen LogP contribution in [0, 0.1) is 6.92 Å². The van der Waals surface area contributed by atoms with E-state index >= 15 is 0 Å². The molecule has 0 saturated heterocycles. The van der Waals surface area contributed by atoms with Gasteiger partial charge in [-0.15, -0.1) is 11.3 Å². The van der Waals surface area contributed by atoms with Gasteiger partial charge < -0.3 is 5.73 Å². The molecule has 3 rings (SSSR count). The van der Waals surface area contributed by atoms with Crippen molar-refractivity contribution in [3.63, 3.8) is 0 Å². The molecule has 0 aliphatic carbocycles. The molecule has 2 N–H and O–H groups in total. The van der Waals surface area contributed by atoms with Crippen molar-refractivity contribution in [3.05, 3.63) is 39.6 Å². The Morgan fingerprint density at radius 1 is 1.33 bits per heavy atom. The van der Waals surface area contributed by atoms with E-state index in [9.17, 15) is 4.79 Å². The summed E-state index contributed by atoms with van der Waals surface area (Å²) in [5, 5.41) is 2.83. The first-order valence-electron chi connectivity index (χ1n) is 6.72. The second-order valence-electron chi connectivity index (χ2n) is 5.21. The van der Waals surface area contributed by atoms with Gasteiger partial charge in [0.1, 0.15) is 5.65 Å². The van der Waals surface area contributed by atoms with Crippen molar-refractivity contribution in [1.82, 2.24) is 14.5 Å². The van der Waals surface area contributed by atoms with Crippen LogP contribution < -0.4 is 11.3 Å². The fourth-order valence-corrected chi connectivity index (χ4v) is 3.19. The number of nitrogen functional groups attached to an aromatic ring is 1. The highest BCUT2D eigenvalue weighted by molar-refractivity contribution is 7.13. The van der Waals surface area contributed by atoms with Gasteiger partial charge in [-0.25, -0.2) is 4.98 Å². The van der Waals surface area contributed by atoms with E-state index in [0.29, 0.717) is 11.2 Å². The molecule has 0 saturated carbocycles. The highest BCUT2D eigenvalue weighted by Gasteiger charge is 2.16. The molecule has 6 heteroatoms. The van der Waals surface area contributed by atoms with Crippen molar-refractivity contribution in [2.45, 2.75) is 26.8 Å². The second kappa shape index (κ2) is 4.96. The van der Waals surface area contributed by atoms with Crippen LogP contribution in [0.5, 0.6) is 0 Å². The number of anilines is 1. The topological polar surface area (TPSA) is 73.8 Å². The number of aryl methyl sites for hydroxylation is 1. The lowest BCUT2D eigenvalue weighted by Crippen LogP contribution is -2.25. The summed E-state index contributed by atoms with van der Waals surface area (Å²) in [6.07, 6.45) is 0. The highest BCUT2D eigenvalue weighted by Crippen LogP contribution is 2.26. The van der Waals surface area contributed by atoms with E-state index in [1.165, 1.54) is 0 Å². The molecule has 0 fully saturated rings. The Balaban J connectivity index is 2.49. The van der Waals surface area contributed by atoms with Gasteiger partial charge >= 0.3 is 0 Å². The summed E-state index contributed by atoms with van der Waals surface area (Å²) in [7, 11) is 0. The Kier molecular flexibility index (Phi) is 3.25. The molecule has 0 atom stereocenters. The maximum Gasteiger partial charge on any atom is 0.261 e. The first-order valence-corrected chi connectivity index (χ1v) is 7.60. The van der Waals surface area contributed by atoms with Gasteiger partial charge in [0.2, 0.25) is 5.95 Å². The summed E-state index contributed by atoms with van der Waals surface area (Å²) in [6.45, 7) is 5.81. The van der Waals surface area contributed by atoms with Gasteiger partial charge in [-0.05, 0) is 38.3 Å². The first kappa shape index (κ1) is 13.8. The minimum Gasteiger partial charge on any atom is -0.368 e. The van der Waals surface area contributed by atoms with E-state index < -0.39 is 0 Å². The van der Waals surface area contributed by atoms with Gasteiger partial charge in [0, 0.05) is 16.3 Å². The molecule has 108 valence electrons. The lowest BCUT2D eigenvalue weighted by atomic mass is 10.1. The first-order chi connectivity index (χ1) is 9.99. The molecule has 5 nitrogen and oxygen atoms in total. The van der Waals surface area contributed by atoms with Gasteiger partial charge in [0.15, 0.2) is 0 Å². The predicted octanol–water partition coefficient (Wildman–Crippen LogP) is 2.99. The largest absolute Gasteiger partial charge is 0.368 e. The fourth-order valence-electron chi connectivity index (χ4n) is 2.46. The summed E-state index contributed by atoms with van der Waals surface area (Å²) < 4.78 is 1.69. The van der Waals surface area contributed by atoms with Crippen molar-refractivity contribution in [2.75, 3.05) is 5.73 Å². The minimum atomic E-state index is -0.0440. The Labute approximate surface area is 126 Å². The molecule has 0 spiro atoms. The predicted molar refractivity (Wildman–Crippen MR) is 86.6 cm³/mol. The molecule has 0 aromatic carbocycles. The highest BCUT2D eigenvalue weighted by atomic mass is 32.1. The molecule has 0 amide bonds. The monoisotopic (exact) mass is 300 g/mol. The van der Waals surface area contributed by atoms with Crippen LogP contribution in [-0.4, -0.2) is 14.5 Å². The fraction of sp³-hybridized carbons (Fsp3) is 0.267. The number of nitrogens with zero attached hydrogens (tertiary/aromatic N) is 3. The smallest absolute Gasteiger partial charge is 0.261 e. The van der Waals surface area contributed by atoms with Gasteiger partial charge in [-0.1, -0.05) is 6.07 Å².